The molecule has 2 heterocycles. The number of hydrogen-bond acceptors (Lipinski definition) is 3. The van der Waals surface area contributed by atoms with Crippen LogP contribution in [0.5, 0.6) is 0 Å². The van der Waals surface area contributed by atoms with Crippen molar-refractivity contribution in [2.45, 2.75) is 18.1 Å². The number of piperidine rings is 1. The van der Waals surface area contributed by atoms with Crippen molar-refractivity contribution in [3.8, 4) is 0 Å². The van der Waals surface area contributed by atoms with Crippen LogP contribution in [0.1, 0.15) is 12.8 Å². The first-order chi connectivity index (χ1) is 6.40. The Kier molecular flexibility index (Phi) is 3.46. The van der Waals surface area contributed by atoms with Crippen molar-refractivity contribution in [2.24, 2.45) is 0 Å². The van der Waals surface area contributed by atoms with E-state index in [2.05, 4.69) is 21.6 Å². The summed E-state index contributed by atoms with van der Waals surface area (Å²) in [4.78, 5) is 0. The van der Waals surface area contributed by atoms with E-state index >= 15 is 0 Å². The zero-order valence-electron chi connectivity index (χ0n) is 7.73. The van der Waals surface area contributed by atoms with Crippen LogP contribution < -0.4 is 8.56 Å². The zero-order valence-corrected chi connectivity index (χ0v) is 10.2. The van der Waals surface area contributed by atoms with E-state index in [1.165, 1.54) is 29.9 Å². The third-order valence-corrected chi connectivity index (χ3v) is 5.78. The van der Waals surface area contributed by atoms with Crippen molar-refractivity contribution >= 4 is 34.4 Å². The van der Waals surface area contributed by atoms with Crippen molar-refractivity contribution in [2.75, 3.05) is 19.3 Å². The molecule has 72 valence electrons. The quantitative estimate of drug-likeness (QED) is 0.670. The summed E-state index contributed by atoms with van der Waals surface area (Å²) in [6.07, 6.45) is 4.94. The maximum Gasteiger partial charge on any atom is 0.313 e. The van der Waals surface area contributed by atoms with E-state index in [9.17, 15) is 0 Å². The minimum atomic E-state index is 0.904. The molecule has 0 aromatic carbocycles. The molecule has 1 saturated heterocycles. The molecule has 4 heteroatoms. The Hall–Kier alpha value is 0.200. The topological polar surface area (TPSA) is 3.01 Å². The van der Waals surface area contributed by atoms with Gasteiger partial charge in [-0.2, -0.15) is 11.8 Å². The Morgan fingerprint density at radius 1 is 1.31 bits per heavy atom. The largest absolute Gasteiger partial charge is 0.313 e. The molecule has 0 unspecified atom stereocenters. The fourth-order valence-electron chi connectivity index (χ4n) is 1.62. The van der Waals surface area contributed by atoms with Gasteiger partial charge in [0.2, 0.25) is 0 Å². The third-order valence-electron chi connectivity index (χ3n) is 2.43. The molecular weight excluding hydrogens is 218 g/mol. The van der Waals surface area contributed by atoms with E-state index in [1.807, 2.05) is 34.4 Å². The van der Waals surface area contributed by atoms with Gasteiger partial charge in [-0.1, -0.05) is 22.7 Å². The normalized spacial score (nSPS) is 23.5. The van der Waals surface area contributed by atoms with Crippen molar-refractivity contribution in [1.29, 1.82) is 0 Å². The molecule has 0 atom stereocenters. The fourth-order valence-corrected chi connectivity index (χ4v) is 4.20. The van der Waals surface area contributed by atoms with Crippen molar-refractivity contribution in [3.63, 3.8) is 0 Å². The van der Waals surface area contributed by atoms with Crippen LogP contribution in [0.3, 0.4) is 0 Å². The van der Waals surface area contributed by atoms with E-state index in [4.69, 9.17) is 0 Å². The first-order valence-electron chi connectivity index (χ1n) is 4.53. The van der Waals surface area contributed by atoms with Crippen LogP contribution in [0, 0.1) is 0 Å². The van der Waals surface area contributed by atoms with Gasteiger partial charge in [-0.15, -0.1) is 0 Å². The average Bonchev–Trinajstić information content (AvgIpc) is 2.71. The van der Waals surface area contributed by atoms with Gasteiger partial charge in [0.15, 0.2) is 0 Å². The first kappa shape index (κ1) is 9.74. The highest BCUT2D eigenvalue weighted by Gasteiger charge is 2.20. The van der Waals surface area contributed by atoms with E-state index in [-0.39, 0.29) is 0 Å². The fraction of sp³-hybridized carbons (Fsp3) is 0.667. The van der Waals surface area contributed by atoms with Gasteiger partial charge in [-0.05, 0) is 6.26 Å². The highest BCUT2D eigenvalue weighted by atomic mass is 32.2. The Morgan fingerprint density at radius 2 is 1.92 bits per heavy atom. The molecular formula is C9H14NS3+. The van der Waals surface area contributed by atoms with Crippen molar-refractivity contribution < 1.29 is 0 Å². The summed E-state index contributed by atoms with van der Waals surface area (Å²) in [5, 5.41) is 5.27. The summed E-state index contributed by atoms with van der Waals surface area (Å²) in [5.74, 6) is 0. The second-order valence-electron chi connectivity index (χ2n) is 3.20. The van der Waals surface area contributed by atoms with Crippen molar-refractivity contribution in [3.05, 3.63) is 14.7 Å². The summed E-state index contributed by atoms with van der Waals surface area (Å²) in [6.45, 7) is 2.50. The molecule has 0 saturated carbocycles. The van der Waals surface area contributed by atoms with Crippen LogP contribution in [0.25, 0.3) is 0 Å². The van der Waals surface area contributed by atoms with E-state index in [0.29, 0.717) is 0 Å². The third kappa shape index (κ3) is 2.36. The SMILES string of the molecule is CSC1CC[N+](=c2sccs2)CC1. The van der Waals surface area contributed by atoms with E-state index in [1.54, 1.807) is 0 Å². The van der Waals surface area contributed by atoms with Crippen LogP contribution in [-0.4, -0.2) is 24.6 Å². The van der Waals surface area contributed by atoms with Gasteiger partial charge in [0.25, 0.3) is 0 Å². The Bertz CT molecular complexity index is 299. The van der Waals surface area contributed by atoms with Gasteiger partial charge >= 0.3 is 3.98 Å². The standard InChI is InChI=1S/C9H14NS3/c1-11-8-2-4-10(5-3-8)9-12-6-7-13-9/h6-8H,2-5H2,1H3/q+1. The molecule has 0 amide bonds. The molecule has 1 fully saturated rings. The lowest BCUT2D eigenvalue weighted by molar-refractivity contribution is 0.469. The lowest BCUT2D eigenvalue weighted by Gasteiger charge is -2.17. The molecule has 0 bridgehead atoms. The highest BCUT2D eigenvalue weighted by molar-refractivity contribution is 7.99. The second-order valence-corrected chi connectivity index (χ2v) is 6.38. The van der Waals surface area contributed by atoms with Gasteiger partial charge in [-0.25, -0.2) is 4.58 Å². The minimum Gasteiger partial charge on any atom is -0.212 e. The lowest BCUT2D eigenvalue weighted by Crippen LogP contribution is -2.36. The Morgan fingerprint density at radius 3 is 2.46 bits per heavy atom. The molecule has 2 rings (SSSR count). The van der Waals surface area contributed by atoms with Gasteiger partial charge in [0.1, 0.15) is 13.1 Å². The maximum atomic E-state index is 2.53. The van der Waals surface area contributed by atoms with Crippen LogP contribution in [-0.2, 0) is 0 Å². The minimum absolute atomic E-state index is 0.904. The summed E-state index contributed by atoms with van der Waals surface area (Å²) >= 11 is 5.78. The van der Waals surface area contributed by atoms with Gasteiger partial charge in [0.05, 0.1) is 0 Å². The predicted octanol–water partition coefficient (Wildman–Crippen LogP) is 2.11. The van der Waals surface area contributed by atoms with Crippen LogP contribution in [0.15, 0.2) is 10.8 Å². The zero-order chi connectivity index (χ0) is 9.10. The van der Waals surface area contributed by atoms with E-state index in [0.717, 1.165) is 5.25 Å². The Balaban J connectivity index is 2.11. The summed E-state index contributed by atoms with van der Waals surface area (Å²) in [7, 11) is 0. The molecule has 1 aromatic heterocycles. The van der Waals surface area contributed by atoms with Crippen LogP contribution in [0.4, 0.5) is 0 Å². The Labute approximate surface area is 91.1 Å². The highest BCUT2D eigenvalue weighted by Crippen LogP contribution is 2.17. The monoisotopic (exact) mass is 232 g/mol. The average molecular weight is 232 g/mol. The molecule has 1 nitrogen and oxygen atoms in total. The first-order valence-corrected chi connectivity index (χ1v) is 7.58. The molecule has 1 aromatic rings. The molecule has 0 N–H and O–H groups in total. The number of rotatable bonds is 1. The molecule has 13 heavy (non-hydrogen) atoms. The van der Waals surface area contributed by atoms with Crippen LogP contribution >= 0.6 is 34.4 Å². The summed E-state index contributed by atoms with van der Waals surface area (Å²) in [6, 6.07) is 0. The van der Waals surface area contributed by atoms with Gasteiger partial charge < -0.3 is 0 Å². The molecule has 0 aliphatic carbocycles. The van der Waals surface area contributed by atoms with Crippen molar-refractivity contribution in [1.82, 2.24) is 4.58 Å². The smallest absolute Gasteiger partial charge is 0.212 e. The number of hydrogen-bond donors (Lipinski definition) is 0. The number of nitrogens with zero attached hydrogens (tertiary/aromatic N) is 1. The summed E-state index contributed by atoms with van der Waals surface area (Å²) < 4.78 is 4.02. The second kappa shape index (κ2) is 4.62. The van der Waals surface area contributed by atoms with Crippen LogP contribution in [0.2, 0.25) is 0 Å². The lowest BCUT2D eigenvalue weighted by atomic mass is 10.1. The summed E-state index contributed by atoms with van der Waals surface area (Å²) in [5.41, 5.74) is 0. The number of thioether (sulfide) groups is 1. The van der Waals surface area contributed by atoms with E-state index < -0.39 is 0 Å². The molecule has 0 spiro atoms. The maximum absolute atomic E-state index is 2.53. The molecule has 0 radical (unpaired) electrons. The van der Waals surface area contributed by atoms with Gasteiger partial charge in [0, 0.05) is 28.9 Å². The molecule has 1 aliphatic heterocycles. The predicted molar refractivity (Wildman–Crippen MR) is 63.7 cm³/mol. The van der Waals surface area contributed by atoms with Gasteiger partial charge in [-0.3, -0.25) is 0 Å². The molecule has 1 aliphatic rings.